The van der Waals surface area contributed by atoms with Gasteiger partial charge in [0, 0.05) is 6.42 Å². The lowest BCUT2D eigenvalue weighted by Crippen LogP contribution is -2.00. The highest BCUT2D eigenvalue weighted by molar-refractivity contribution is 5.66. The van der Waals surface area contributed by atoms with Crippen molar-refractivity contribution in [1.29, 1.82) is 0 Å². The van der Waals surface area contributed by atoms with Gasteiger partial charge in [-0.25, -0.2) is 0 Å². The number of hydrogen-bond acceptors (Lipinski definition) is 1. The molecule has 1 aromatic carbocycles. The molecule has 1 rings (SSSR count). The molecule has 1 unspecified atom stereocenters. The van der Waals surface area contributed by atoms with E-state index in [0.29, 0.717) is 18.3 Å². The molecule has 0 aliphatic rings. The Morgan fingerprint density at radius 3 is 2.06 bits per heavy atom. The lowest BCUT2D eigenvalue weighted by molar-refractivity contribution is -0.137. The molecule has 2 heteroatoms. The van der Waals surface area contributed by atoms with Crippen LogP contribution in [-0.4, -0.2) is 11.1 Å². The number of rotatable bonds is 5. The van der Waals surface area contributed by atoms with E-state index >= 15 is 0 Å². The van der Waals surface area contributed by atoms with Gasteiger partial charge in [-0.15, -0.1) is 0 Å². The Balaban J connectivity index is 2.62. The SMILES string of the molecule is CC(C)c1ccc(C(C)CCC(=O)O)cc1. The third-order valence-corrected chi connectivity index (χ3v) is 2.96. The molecule has 1 N–H and O–H groups in total. The van der Waals surface area contributed by atoms with Crippen molar-refractivity contribution in [3.8, 4) is 0 Å². The van der Waals surface area contributed by atoms with Crippen LogP contribution in [0.25, 0.3) is 0 Å². The van der Waals surface area contributed by atoms with Crippen LogP contribution >= 0.6 is 0 Å². The fourth-order valence-electron chi connectivity index (χ4n) is 1.72. The fraction of sp³-hybridized carbons (Fsp3) is 0.500. The normalized spacial score (nSPS) is 12.8. The van der Waals surface area contributed by atoms with Gasteiger partial charge in [-0.05, 0) is 29.4 Å². The molecular formula is C14H20O2. The highest BCUT2D eigenvalue weighted by Crippen LogP contribution is 2.23. The zero-order valence-electron chi connectivity index (χ0n) is 10.2. The first-order chi connectivity index (χ1) is 7.50. The second kappa shape index (κ2) is 5.69. The summed E-state index contributed by atoms with van der Waals surface area (Å²) in [5.74, 6) is 0.145. The second-order valence-corrected chi connectivity index (χ2v) is 4.65. The van der Waals surface area contributed by atoms with Crippen molar-refractivity contribution < 1.29 is 9.90 Å². The van der Waals surface area contributed by atoms with Gasteiger partial charge >= 0.3 is 5.97 Å². The predicted octanol–water partition coefficient (Wildman–Crippen LogP) is 3.78. The van der Waals surface area contributed by atoms with Crippen molar-refractivity contribution in [3.05, 3.63) is 35.4 Å². The summed E-state index contributed by atoms with van der Waals surface area (Å²) in [7, 11) is 0. The average Bonchev–Trinajstić information content (AvgIpc) is 2.26. The van der Waals surface area contributed by atoms with Gasteiger partial charge in [-0.1, -0.05) is 45.0 Å². The molecule has 0 radical (unpaired) electrons. The Hall–Kier alpha value is -1.31. The lowest BCUT2D eigenvalue weighted by Gasteiger charge is -2.12. The topological polar surface area (TPSA) is 37.3 Å². The molecule has 0 saturated carbocycles. The van der Waals surface area contributed by atoms with Gasteiger partial charge in [-0.2, -0.15) is 0 Å². The van der Waals surface area contributed by atoms with Crippen molar-refractivity contribution in [2.24, 2.45) is 0 Å². The molecular weight excluding hydrogens is 200 g/mol. The van der Waals surface area contributed by atoms with Crippen molar-refractivity contribution in [3.63, 3.8) is 0 Å². The minimum absolute atomic E-state index is 0.243. The Labute approximate surface area is 97.3 Å². The van der Waals surface area contributed by atoms with Crippen molar-refractivity contribution in [2.45, 2.75) is 45.4 Å². The van der Waals surface area contributed by atoms with Crippen LogP contribution < -0.4 is 0 Å². The third-order valence-electron chi connectivity index (χ3n) is 2.96. The molecule has 2 nitrogen and oxygen atoms in total. The van der Waals surface area contributed by atoms with E-state index in [1.807, 2.05) is 0 Å². The maximum absolute atomic E-state index is 10.5. The molecule has 16 heavy (non-hydrogen) atoms. The van der Waals surface area contributed by atoms with E-state index in [1.54, 1.807) is 0 Å². The molecule has 0 bridgehead atoms. The van der Waals surface area contributed by atoms with Crippen LogP contribution in [0.3, 0.4) is 0 Å². The zero-order valence-corrected chi connectivity index (χ0v) is 10.2. The fourth-order valence-corrected chi connectivity index (χ4v) is 1.72. The summed E-state index contributed by atoms with van der Waals surface area (Å²) in [5, 5.41) is 8.63. The Kier molecular flexibility index (Phi) is 4.53. The number of carboxylic acids is 1. The first-order valence-corrected chi connectivity index (χ1v) is 5.82. The summed E-state index contributed by atoms with van der Waals surface area (Å²) < 4.78 is 0. The van der Waals surface area contributed by atoms with Gasteiger partial charge in [0.2, 0.25) is 0 Å². The molecule has 1 aromatic rings. The molecule has 0 fully saturated rings. The van der Waals surface area contributed by atoms with E-state index in [0.717, 1.165) is 0 Å². The van der Waals surface area contributed by atoms with Crippen LogP contribution in [0.4, 0.5) is 0 Å². The Bertz CT molecular complexity index is 338. The van der Waals surface area contributed by atoms with E-state index in [1.165, 1.54) is 11.1 Å². The van der Waals surface area contributed by atoms with E-state index in [2.05, 4.69) is 45.0 Å². The maximum Gasteiger partial charge on any atom is 0.303 e. The monoisotopic (exact) mass is 220 g/mol. The van der Waals surface area contributed by atoms with Crippen molar-refractivity contribution in [2.75, 3.05) is 0 Å². The van der Waals surface area contributed by atoms with E-state index < -0.39 is 5.97 Å². The first kappa shape index (κ1) is 12.8. The average molecular weight is 220 g/mol. The standard InChI is InChI=1S/C14H20O2/c1-10(2)12-5-7-13(8-6-12)11(3)4-9-14(15)16/h5-8,10-11H,4,9H2,1-3H3,(H,15,16). The van der Waals surface area contributed by atoms with Crippen molar-refractivity contribution >= 4 is 5.97 Å². The number of hydrogen-bond donors (Lipinski definition) is 1. The lowest BCUT2D eigenvalue weighted by atomic mass is 9.93. The zero-order chi connectivity index (χ0) is 12.1. The van der Waals surface area contributed by atoms with Gasteiger partial charge in [0.1, 0.15) is 0 Å². The van der Waals surface area contributed by atoms with Crippen molar-refractivity contribution in [1.82, 2.24) is 0 Å². The summed E-state index contributed by atoms with van der Waals surface area (Å²) in [5.41, 5.74) is 2.56. The predicted molar refractivity (Wildman–Crippen MR) is 65.8 cm³/mol. The van der Waals surface area contributed by atoms with Gasteiger partial charge in [0.15, 0.2) is 0 Å². The van der Waals surface area contributed by atoms with Gasteiger partial charge < -0.3 is 5.11 Å². The van der Waals surface area contributed by atoms with Crippen LogP contribution in [-0.2, 0) is 4.79 Å². The quantitative estimate of drug-likeness (QED) is 0.820. The minimum Gasteiger partial charge on any atom is -0.481 e. The molecule has 0 saturated heterocycles. The maximum atomic E-state index is 10.5. The number of carboxylic acid groups (broad SMARTS) is 1. The number of aliphatic carboxylic acids is 1. The molecule has 0 aliphatic carbocycles. The van der Waals surface area contributed by atoms with Crippen LogP contribution in [0.1, 0.15) is 56.6 Å². The van der Waals surface area contributed by atoms with Gasteiger partial charge in [0.25, 0.3) is 0 Å². The minimum atomic E-state index is -0.717. The first-order valence-electron chi connectivity index (χ1n) is 5.82. The van der Waals surface area contributed by atoms with E-state index in [4.69, 9.17) is 5.11 Å². The molecule has 0 spiro atoms. The van der Waals surface area contributed by atoms with Crippen LogP contribution in [0, 0.1) is 0 Å². The molecule has 0 aliphatic heterocycles. The second-order valence-electron chi connectivity index (χ2n) is 4.65. The van der Waals surface area contributed by atoms with Crippen LogP contribution in [0.5, 0.6) is 0 Å². The summed E-state index contributed by atoms with van der Waals surface area (Å²) in [6, 6.07) is 8.50. The highest BCUT2D eigenvalue weighted by atomic mass is 16.4. The van der Waals surface area contributed by atoms with Gasteiger partial charge in [-0.3, -0.25) is 4.79 Å². The molecule has 88 valence electrons. The molecule has 0 heterocycles. The highest BCUT2D eigenvalue weighted by Gasteiger charge is 2.08. The molecule has 0 aromatic heterocycles. The summed E-state index contributed by atoms with van der Waals surface area (Å²) in [6.07, 6.45) is 0.948. The van der Waals surface area contributed by atoms with Gasteiger partial charge in [0.05, 0.1) is 0 Å². The van der Waals surface area contributed by atoms with E-state index in [9.17, 15) is 4.79 Å². The molecule has 1 atom stereocenters. The summed E-state index contributed by atoms with van der Waals surface area (Å²) >= 11 is 0. The number of carbonyl (C=O) groups is 1. The smallest absolute Gasteiger partial charge is 0.303 e. The molecule has 0 amide bonds. The Morgan fingerprint density at radius 2 is 1.62 bits per heavy atom. The third kappa shape index (κ3) is 3.69. The van der Waals surface area contributed by atoms with E-state index in [-0.39, 0.29) is 6.42 Å². The number of benzene rings is 1. The summed E-state index contributed by atoms with van der Waals surface area (Å²) in [6.45, 7) is 6.42. The van der Waals surface area contributed by atoms with Crippen LogP contribution in [0.15, 0.2) is 24.3 Å². The summed E-state index contributed by atoms with van der Waals surface area (Å²) in [4.78, 5) is 10.5. The Morgan fingerprint density at radius 1 is 1.12 bits per heavy atom. The largest absolute Gasteiger partial charge is 0.481 e. The van der Waals surface area contributed by atoms with Crippen LogP contribution in [0.2, 0.25) is 0 Å².